The van der Waals surface area contributed by atoms with E-state index in [2.05, 4.69) is 4.98 Å². The lowest BCUT2D eigenvalue weighted by atomic mass is 9.82. The molecule has 0 aromatic carbocycles. The van der Waals surface area contributed by atoms with Crippen molar-refractivity contribution in [1.29, 1.82) is 0 Å². The molecule has 1 N–H and O–H groups in total. The normalized spacial score (nSPS) is 20.2. The molecule has 1 heterocycles. The summed E-state index contributed by atoms with van der Waals surface area (Å²) < 4.78 is 26.9. The molecule has 0 spiro atoms. The van der Waals surface area contributed by atoms with Gasteiger partial charge in [-0.1, -0.05) is 6.07 Å². The van der Waals surface area contributed by atoms with Crippen molar-refractivity contribution in [2.45, 2.75) is 31.1 Å². The zero-order valence-corrected chi connectivity index (χ0v) is 8.49. The van der Waals surface area contributed by atoms with E-state index in [-0.39, 0.29) is 12.1 Å². The zero-order valence-electron chi connectivity index (χ0n) is 8.49. The van der Waals surface area contributed by atoms with Crippen LogP contribution in [0.15, 0.2) is 18.3 Å². The number of aryl methyl sites for hydroxylation is 1. The van der Waals surface area contributed by atoms with Gasteiger partial charge in [0, 0.05) is 6.20 Å². The number of halogens is 2. The highest BCUT2D eigenvalue weighted by Gasteiger charge is 2.50. The van der Waals surface area contributed by atoms with Gasteiger partial charge in [-0.05, 0) is 30.9 Å². The van der Waals surface area contributed by atoms with Crippen molar-refractivity contribution in [2.75, 3.05) is 0 Å². The van der Waals surface area contributed by atoms with Crippen molar-refractivity contribution >= 4 is 5.97 Å². The summed E-state index contributed by atoms with van der Waals surface area (Å²) in [5.74, 6) is -7.10. The summed E-state index contributed by atoms with van der Waals surface area (Å²) in [6.45, 7) is 0. The van der Waals surface area contributed by atoms with E-state index in [1.54, 1.807) is 12.1 Å². The maximum atomic E-state index is 13.5. The average molecular weight is 227 g/mol. The van der Waals surface area contributed by atoms with Crippen LogP contribution in [0.1, 0.15) is 30.0 Å². The molecule has 1 atom stereocenters. The first-order chi connectivity index (χ1) is 7.53. The predicted molar refractivity (Wildman–Crippen MR) is 52.5 cm³/mol. The van der Waals surface area contributed by atoms with Crippen LogP contribution >= 0.6 is 0 Å². The predicted octanol–water partition coefficient (Wildman–Crippen LogP) is 2.22. The fourth-order valence-corrected chi connectivity index (χ4v) is 2.11. The zero-order chi connectivity index (χ0) is 11.8. The molecule has 0 amide bonds. The molecule has 0 fully saturated rings. The molecule has 86 valence electrons. The van der Waals surface area contributed by atoms with E-state index in [1.807, 2.05) is 0 Å². The first kappa shape index (κ1) is 11.0. The van der Waals surface area contributed by atoms with E-state index in [0.29, 0.717) is 12.8 Å². The fraction of sp³-hybridized carbons (Fsp3) is 0.455. The number of aromatic nitrogens is 1. The Bertz CT molecular complexity index is 420. The van der Waals surface area contributed by atoms with E-state index in [4.69, 9.17) is 5.11 Å². The lowest BCUT2D eigenvalue weighted by molar-refractivity contribution is -0.169. The lowest BCUT2D eigenvalue weighted by Gasteiger charge is -2.28. The summed E-state index contributed by atoms with van der Waals surface area (Å²) >= 11 is 0. The number of carboxylic acid groups (broad SMARTS) is 1. The van der Waals surface area contributed by atoms with Crippen molar-refractivity contribution in [3.8, 4) is 0 Å². The van der Waals surface area contributed by atoms with E-state index in [1.165, 1.54) is 6.20 Å². The van der Waals surface area contributed by atoms with Gasteiger partial charge in [0.1, 0.15) is 0 Å². The summed E-state index contributed by atoms with van der Waals surface area (Å²) in [5.41, 5.74) is 0.973. The van der Waals surface area contributed by atoms with Crippen LogP contribution in [0.2, 0.25) is 0 Å². The molecule has 0 bridgehead atoms. The molecular weight excluding hydrogens is 216 g/mol. The largest absolute Gasteiger partial charge is 0.477 e. The van der Waals surface area contributed by atoms with Crippen LogP contribution in [0, 0.1) is 0 Å². The Hall–Kier alpha value is -1.52. The van der Waals surface area contributed by atoms with Gasteiger partial charge in [-0.25, -0.2) is 4.79 Å². The van der Waals surface area contributed by atoms with Gasteiger partial charge in [0.2, 0.25) is 0 Å². The first-order valence-corrected chi connectivity index (χ1v) is 5.08. The molecule has 0 saturated carbocycles. The molecule has 1 unspecified atom stereocenters. The Kier molecular flexibility index (Phi) is 2.61. The number of hydrogen-bond donors (Lipinski definition) is 1. The van der Waals surface area contributed by atoms with Gasteiger partial charge < -0.3 is 5.11 Å². The molecule has 1 aliphatic carbocycles. The number of carbonyl (C=O) groups is 1. The summed E-state index contributed by atoms with van der Waals surface area (Å²) in [6.07, 6.45) is 2.86. The van der Waals surface area contributed by atoms with Gasteiger partial charge in [-0.3, -0.25) is 4.98 Å². The fourth-order valence-electron chi connectivity index (χ4n) is 2.11. The van der Waals surface area contributed by atoms with Crippen LogP contribution in [-0.2, 0) is 11.2 Å². The molecule has 2 rings (SSSR count). The van der Waals surface area contributed by atoms with Gasteiger partial charge in [-0.15, -0.1) is 0 Å². The molecule has 0 saturated heterocycles. The van der Waals surface area contributed by atoms with Crippen molar-refractivity contribution in [2.24, 2.45) is 0 Å². The third-order valence-electron chi connectivity index (χ3n) is 2.92. The van der Waals surface area contributed by atoms with Gasteiger partial charge >= 0.3 is 11.9 Å². The Morgan fingerprint density at radius 2 is 2.31 bits per heavy atom. The number of carboxylic acids is 1. The van der Waals surface area contributed by atoms with Crippen LogP contribution in [-0.4, -0.2) is 22.0 Å². The molecule has 5 heteroatoms. The van der Waals surface area contributed by atoms with Crippen LogP contribution < -0.4 is 0 Å². The second-order valence-corrected chi connectivity index (χ2v) is 3.92. The second kappa shape index (κ2) is 3.81. The van der Waals surface area contributed by atoms with Gasteiger partial charge in [0.15, 0.2) is 0 Å². The van der Waals surface area contributed by atoms with E-state index in [9.17, 15) is 13.6 Å². The van der Waals surface area contributed by atoms with Crippen LogP contribution in [0.3, 0.4) is 0 Å². The van der Waals surface area contributed by atoms with Crippen molar-refractivity contribution in [1.82, 2.24) is 4.98 Å². The lowest BCUT2D eigenvalue weighted by Crippen LogP contribution is -2.37. The number of aliphatic carboxylic acids is 1. The quantitative estimate of drug-likeness (QED) is 0.842. The maximum absolute atomic E-state index is 13.5. The van der Waals surface area contributed by atoms with Gasteiger partial charge in [-0.2, -0.15) is 8.78 Å². The Morgan fingerprint density at radius 1 is 1.56 bits per heavy atom. The summed E-state index contributed by atoms with van der Waals surface area (Å²) in [5, 5.41) is 8.54. The molecule has 0 radical (unpaired) electrons. The molecule has 1 aromatic rings. The molecule has 1 aromatic heterocycles. The minimum Gasteiger partial charge on any atom is -0.477 e. The highest BCUT2D eigenvalue weighted by molar-refractivity contribution is 5.76. The van der Waals surface area contributed by atoms with E-state index in [0.717, 1.165) is 5.56 Å². The average Bonchev–Trinajstić information content (AvgIpc) is 2.28. The molecule has 16 heavy (non-hydrogen) atoms. The third kappa shape index (κ3) is 1.66. The maximum Gasteiger partial charge on any atom is 0.375 e. The standard InChI is InChI=1S/C11H11F2NO2/c12-11(13,10(15)16)8-5-1-3-7-4-2-6-14-9(7)8/h2,4,6,8H,1,3,5H2,(H,15,16). The van der Waals surface area contributed by atoms with E-state index >= 15 is 0 Å². The van der Waals surface area contributed by atoms with Crippen molar-refractivity contribution < 1.29 is 18.7 Å². The molecule has 0 aliphatic heterocycles. The number of pyridine rings is 1. The van der Waals surface area contributed by atoms with Crippen LogP contribution in [0.4, 0.5) is 8.78 Å². The number of rotatable bonds is 2. The number of fused-ring (bicyclic) bond motifs is 1. The van der Waals surface area contributed by atoms with E-state index < -0.39 is 17.8 Å². The SMILES string of the molecule is O=C(O)C(F)(F)C1CCCc2cccnc21. The topological polar surface area (TPSA) is 50.2 Å². The second-order valence-electron chi connectivity index (χ2n) is 3.92. The third-order valence-corrected chi connectivity index (χ3v) is 2.92. The number of hydrogen-bond acceptors (Lipinski definition) is 2. The Labute approximate surface area is 91.1 Å². The summed E-state index contributed by atoms with van der Waals surface area (Å²) in [7, 11) is 0. The van der Waals surface area contributed by atoms with Crippen molar-refractivity contribution in [3.63, 3.8) is 0 Å². The van der Waals surface area contributed by atoms with Crippen LogP contribution in [0.5, 0.6) is 0 Å². The molecule has 1 aliphatic rings. The number of nitrogens with zero attached hydrogens (tertiary/aromatic N) is 1. The minimum atomic E-state index is -3.73. The molecular formula is C11H11F2NO2. The Balaban J connectivity index is 2.42. The van der Waals surface area contributed by atoms with Gasteiger partial charge in [0.05, 0.1) is 11.6 Å². The minimum absolute atomic E-state index is 0.170. The summed E-state index contributed by atoms with van der Waals surface area (Å²) in [4.78, 5) is 14.5. The van der Waals surface area contributed by atoms with Crippen molar-refractivity contribution in [3.05, 3.63) is 29.6 Å². The Morgan fingerprint density at radius 3 is 3.00 bits per heavy atom. The number of alkyl halides is 2. The molecule has 3 nitrogen and oxygen atoms in total. The summed E-state index contributed by atoms with van der Waals surface area (Å²) in [6, 6.07) is 3.41. The smallest absolute Gasteiger partial charge is 0.375 e. The monoisotopic (exact) mass is 227 g/mol. The highest BCUT2D eigenvalue weighted by atomic mass is 19.3. The van der Waals surface area contributed by atoms with Gasteiger partial charge in [0.25, 0.3) is 0 Å². The first-order valence-electron chi connectivity index (χ1n) is 5.08. The highest BCUT2D eigenvalue weighted by Crippen LogP contribution is 2.41. The van der Waals surface area contributed by atoms with Crippen LogP contribution in [0.25, 0.3) is 0 Å².